The average molecular weight is 288 g/mol. The highest BCUT2D eigenvalue weighted by molar-refractivity contribution is 5.59. The van der Waals surface area contributed by atoms with Crippen LogP contribution in [0.5, 0.6) is 11.5 Å². The first kappa shape index (κ1) is 13.9. The number of ether oxygens (including phenoxy) is 1. The van der Waals surface area contributed by atoms with E-state index < -0.39 is 0 Å². The summed E-state index contributed by atoms with van der Waals surface area (Å²) in [6.07, 6.45) is 4.70. The lowest BCUT2D eigenvalue weighted by Gasteiger charge is -2.23. The van der Waals surface area contributed by atoms with Gasteiger partial charge in [0.1, 0.15) is 0 Å². The number of aromatic nitrogens is 2. The second-order valence-corrected chi connectivity index (χ2v) is 5.80. The van der Waals surface area contributed by atoms with Crippen LogP contribution in [0.25, 0.3) is 11.5 Å². The largest absolute Gasteiger partial charge is 0.504 e. The number of nitrogens with zero attached hydrogens (tertiary/aromatic N) is 2. The zero-order valence-corrected chi connectivity index (χ0v) is 12.4. The van der Waals surface area contributed by atoms with Crippen molar-refractivity contribution >= 4 is 0 Å². The van der Waals surface area contributed by atoms with Crippen molar-refractivity contribution in [2.75, 3.05) is 7.11 Å². The third-order valence-electron chi connectivity index (χ3n) is 4.25. The number of methoxy groups -OCH3 is 1. The standard InChI is InChI=1S/C16H20N2O3/c1-10-3-5-11(6-4-10)15-17-16(21-18-15)12-7-8-13(19)14(9-12)20-2/h7-11,19H,3-6H2,1-2H3. The first-order valence-corrected chi connectivity index (χ1v) is 7.38. The van der Waals surface area contributed by atoms with Crippen molar-refractivity contribution in [2.45, 2.75) is 38.5 Å². The van der Waals surface area contributed by atoms with Gasteiger partial charge in [-0.25, -0.2) is 0 Å². The maximum Gasteiger partial charge on any atom is 0.258 e. The van der Waals surface area contributed by atoms with Gasteiger partial charge >= 0.3 is 0 Å². The lowest BCUT2D eigenvalue weighted by molar-refractivity contribution is 0.329. The van der Waals surface area contributed by atoms with Gasteiger partial charge in [-0.05, 0) is 37.0 Å². The molecule has 0 radical (unpaired) electrons. The normalized spacial score (nSPS) is 22.2. The number of rotatable bonds is 3. The molecular formula is C16H20N2O3. The molecular weight excluding hydrogens is 268 g/mol. The van der Waals surface area contributed by atoms with Crippen LogP contribution in [0, 0.1) is 5.92 Å². The van der Waals surface area contributed by atoms with Crippen LogP contribution in [-0.4, -0.2) is 22.4 Å². The Kier molecular flexibility index (Phi) is 3.82. The molecule has 21 heavy (non-hydrogen) atoms. The van der Waals surface area contributed by atoms with Crippen molar-refractivity contribution in [1.82, 2.24) is 10.1 Å². The maximum atomic E-state index is 9.62. The van der Waals surface area contributed by atoms with E-state index in [0.717, 1.165) is 30.1 Å². The van der Waals surface area contributed by atoms with Gasteiger partial charge in [-0.2, -0.15) is 4.98 Å². The third-order valence-corrected chi connectivity index (χ3v) is 4.25. The van der Waals surface area contributed by atoms with E-state index in [9.17, 15) is 5.11 Å². The highest BCUT2D eigenvalue weighted by Gasteiger charge is 2.24. The lowest BCUT2D eigenvalue weighted by Crippen LogP contribution is -2.11. The first-order valence-electron chi connectivity index (χ1n) is 7.38. The molecule has 1 aliphatic rings. The van der Waals surface area contributed by atoms with Crippen LogP contribution in [0.2, 0.25) is 0 Å². The van der Waals surface area contributed by atoms with Crippen LogP contribution in [-0.2, 0) is 0 Å². The molecule has 0 unspecified atom stereocenters. The highest BCUT2D eigenvalue weighted by Crippen LogP contribution is 2.36. The monoisotopic (exact) mass is 288 g/mol. The van der Waals surface area contributed by atoms with E-state index in [0.29, 0.717) is 17.6 Å². The van der Waals surface area contributed by atoms with E-state index in [4.69, 9.17) is 9.26 Å². The molecule has 5 nitrogen and oxygen atoms in total. The molecule has 1 heterocycles. The molecule has 0 saturated heterocycles. The van der Waals surface area contributed by atoms with Crippen molar-refractivity contribution in [2.24, 2.45) is 5.92 Å². The van der Waals surface area contributed by atoms with Gasteiger partial charge in [0, 0.05) is 11.5 Å². The summed E-state index contributed by atoms with van der Waals surface area (Å²) in [4.78, 5) is 4.52. The molecule has 1 fully saturated rings. The maximum absolute atomic E-state index is 9.62. The smallest absolute Gasteiger partial charge is 0.258 e. The van der Waals surface area contributed by atoms with Crippen LogP contribution in [0.3, 0.4) is 0 Å². The summed E-state index contributed by atoms with van der Waals surface area (Å²) in [6.45, 7) is 2.29. The summed E-state index contributed by atoms with van der Waals surface area (Å²) in [7, 11) is 1.52. The fourth-order valence-electron chi connectivity index (χ4n) is 2.85. The topological polar surface area (TPSA) is 68.4 Å². The molecule has 0 atom stereocenters. The Morgan fingerprint density at radius 3 is 2.71 bits per heavy atom. The SMILES string of the molecule is COc1cc(-c2nc(C3CCC(C)CC3)no2)ccc1O. The number of phenols is 1. The minimum Gasteiger partial charge on any atom is -0.504 e. The van der Waals surface area contributed by atoms with E-state index in [1.807, 2.05) is 0 Å². The minimum atomic E-state index is 0.0993. The van der Waals surface area contributed by atoms with E-state index in [1.165, 1.54) is 20.0 Å². The second kappa shape index (κ2) is 5.76. The molecule has 0 spiro atoms. The van der Waals surface area contributed by atoms with Crippen LogP contribution in [0.1, 0.15) is 44.3 Å². The molecule has 0 bridgehead atoms. The molecule has 2 aromatic rings. The lowest BCUT2D eigenvalue weighted by atomic mass is 9.83. The summed E-state index contributed by atoms with van der Waals surface area (Å²) >= 11 is 0. The summed E-state index contributed by atoms with van der Waals surface area (Å²) < 4.78 is 10.5. The predicted octanol–water partition coefficient (Wildman–Crippen LogP) is 3.74. The Morgan fingerprint density at radius 1 is 1.24 bits per heavy atom. The fraction of sp³-hybridized carbons (Fsp3) is 0.500. The van der Waals surface area contributed by atoms with E-state index >= 15 is 0 Å². The number of benzene rings is 1. The molecule has 1 aliphatic carbocycles. The number of phenolic OH excluding ortho intramolecular Hbond substituents is 1. The molecule has 112 valence electrons. The molecule has 5 heteroatoms. The fourth-order valence-corrected chi connectivity index (χ4v) is 2.85. The van der Waals surface area contributed by atoms with Gasteiger partial charge in [0.25, 0.3) is 5.89 Å². The number of hydrogen-bond donors (Lipinski definition) is 1. The molecule has 0 amide bonds. The molecule has 0 aliphatic heterocycles. The number of hydrogen-bond acceptors (Lipinski definition) is 5. The molecule has 1 aromatic heterocycles. The Bertz CT molecular complexity index is 616. The highest BCUT2D eigenvalue weighted by atomic mass is 16.5. The Balaban J connectivity index is 1.81. The van der Waals surface area contributed by atoms with Crippen molar-refractivity contribution in [3.63, 3.8) is 0 Å². The van der Waals surface area contributed by atoms with E-state index in [1.54, 1.807) is 18.2 Å². The van der Waals surface area contributed by atoms with Gasteiger partial charge in [0.2, 0.25) is 0 Å². The van der Waals surface area contributed by atoms with Crippen molar-refractivity contribution in [3.05, 3.63) is 24.0 Å². The van der Waals surface area contributed by atoms with Gasteiger partial charge in [-0.15, -0.1) is 0 Å². The molecule has 3 rings (SSSR count). The Hall–Kier alpha value is -2.04. The summed E-state index contributed by atoms with van der Waals surface area (Å²) in [5.74, 6) is 2.97. The molecule has 1 saturated carbocycles. The zero-order chi connectivity index (χ0) is 14.8. The van der Waals surface area contributed by atoms with Gasteiger partial charge in [0.15, 0.2) is 17.3 Å². The molecule has 1 N–H and O–H groups in total. The predicted molar refractivity (Wildman–Crippen MR) is 78.3 cm³/mol. The zero-order valence-electron chi connectivity index (χ0n) is 12.4. The van der Waals surface area contributed by atoms with Crippen LogP contribution < -0.4 is 4.74 Å². The van der Waals surface area contributed by atoms with Crippen LogP contribution in [0.15, 0.2) is 22.7 Å². The van der Waals surface area contributed by atoms with Gasteiger partial charge in [0.05, 0.1) is 7.11 Å². The van der Waals surface area contributed by atoms with Gasteiger partial charge in [-0.3, -0.25) is 0 Å². The average Bonchev–Trinajstić information content (AvgIpc) is 2.98. The number of aromatic hydroxyl groups is 1. The first-order chi connectivity index (χ1) is 10.2. The summed E-state index contributed by atoms with van der Waals surface area (Å²) in [6, 6.07) is 5.02. The quantitative estimate of drug-likeness (QED) is 0.931. The van der Waals surface area contributed by atoms with Crippen molar-refractivity contribution in [1.29, 1.82) is 0 Å². The Morgan fingerprint density at radius 2 is 2.00 bits per heavy atom. The van der Waals surface area contributed by atoms with E-state index in [2.05, 4.69) is 17.1 Å². The van der Waals surface area contributed by atoms with E-state index in [-0.39, 0.29) is 5.75 Å². The summed E-state index contributed by atoms with van der Waals surface area (Å²) in [5.41, 5.74) is 0.757. The van der Waals surface area contributed by atoms with Gasteiger partial charge in [-0.1, -0.05) is 24.9 Å². The van der Waals surface area contributed by atoms with Crippen LogP contribution >= 0.6 is 0 Å². The van der Waals surface area contributed by atoms with Crippen molar-refractivity contribution in [3.8, 4) is 23.0 Å². The third kappa shape index (κ3) is 2.86. The van der Waals surface area contributed by atoms with Crippen LogP contribution in [0.4, 0.5) is 0 Å². The van der Waals surface area contributed by atoms with Crippen molar-refractivity contribution < 1.29 is 14.4 Å². The summed E-state index contributed by atoms with van der Waals surface area (Å²) in [5, 5.41) is 13.8. The molecule has 1 aromatic carbocycles. The Labute approximate surface area is 123 Å². The minimum absolute atomic E-state index is 0.0993. The van der Waals surface area contributed by atoms with Gasteiger partial charge < -0.3 is 14.4 Å². The second-order valence-electron chi connectivity index (χ2n) is 5.80.